The number of hydrogen-bond donors (Lipinski definition) is 0. The largest absolute Gasteiger partial charge is 0.478 e. The molecule has 0 saturated heterocycles. The predicted molar refractivity (Wildman–Crippen MR) is 106 cm³/mol. The van der Waals surface area contributed by atoms with Gasteiger partial charge >= 0.3 is 0 Å². The van der Waals surface area contributed by atoms with Crippen LogP contribution in [0.4, 0.5) is 5.69 Å². The van der Waals surface area contributed by atoms with E-state index in [1.165, 1.54) is 0 Å². The summed E-state index contributed by atoms with van der Waals surface area (Å²) < 4.78 is 11.9. The average Bonchev–Trinajstić information content (AvgIpc) is 2.98. The van der Waals surface area contributed by atoms with Crippen LogP contribution in [0.15, 0.2) is 42.2 Å². The minimum atomic E-state index is -0.0776. The van der Waals surface area contributed by atoms with Crippen LogP contribution in [-0.4, -0.2) is 37.6 Å². The summed E-state index contributed by atoms with van der Waals surface area (Å²) in [6.45, 7) is 5.53. The van der Waals surface area contributed by atoms with Gasteiger partial charge in [-0.25, -0.2) is 0 Å². The fourth-order valence-corrected chi connectivity index (χ4v) is 3.33. The fourth-order valence-electron chi connectivity index (χ4n) is 3.33. The van der Waals surface area contributed by atoms with Crippen molar-refractivity contribution < 1.29 is 14.3 Å². The number of carbonyl (C=O) groups excluding carboxylic acids is 1. The molecule has 0 aliphatic carbocycles. The molecule has 2 aromatic carbocycles. The van der Waals surface area contributed by atoms with Crippen molar-refractivity contribution in [2.75, 3.05) is 25.7 Å². The van der Waals surface area contributed by atoms with Crippen molar-refractivity contribution in [3.05, 3.63) is 58.8 Å². The van der Waals surface area contributed by atoms with Gasteiger partial charge < -0.3 is 14.4 Å². The third kappa shape index (κ3) is 3.19. The lowest BCUT2D eigenvalue weighted by Crippen LogP contribution is -2.37. The molecule has 0 spiro atoms. The van der Waals surface area contributed by atoms with Crippen molar-refractivity contribution in [3.8, 4) is 11.5 Å². The molecule has 140 valence electrons. The minimum absolute atomic E-state index is 0.0776. The Morgan fingerprint density at radius 1 is 1.11 bits per heavy atom. The van der Waals surface area contributed by atoms with Crippen LogP contribution in [0.5, 0.6) is 11.5 Å². The number of anilines is 1. The van der Waals surface area contributed by atoms with Gasteiger partial charge in [-0.05, 0) is 49.8 Å². The van der Waals surface area contributed by atoms with E-state index in [0.29, 0.717) is 36.4 Å². The van der Waals surface area contributed by atoms with E-state index in [0.717, 1.165) is 22.6 Å². The van der Waals surface area contributed by atoms with Gasteiger partial charge in [-0.15, -0.1) is 0 Å². The zero-order chi connectivity index (χ0) is 19.1. The normalized spacial score (nSPS) is 17.5. The van der Waals surface area contributed by atoms with Gasteiger partial charge in [-0.3, -0.25) is 9.69 Å². The molecule has 27 heavy (non-hydrogen) atoms. The first kappa shape index (κ1) is 17.6. The Bertz CT molecular complexity index is 914. The SMILES string of the molecule is CC(C)N1COc2ccc3c(c2C1)O/C(=C\c1ccc(N(C)C)cc1)C3=O. The summed E-state index contributed by atoms with van der Waals surface area (Å²) in [5.74, 6) is 1.72. The number of benzene rings is 2. The third-order valence-corrected chi connectivity index (χ3v) is 5.08. The molecule has 2 aliphatic heterocycles. The summed E-state index contributed by atoms with van der Waals surface area (Å²) in [5, 5.41) is 0. The van der Waals surface area contributed by atoms with E-state index >= 15 is 0 Å². The predicted octanol–water partition coefficient (Wildman–Crippen LogP) is 3.93. The molecule has 0 saturated carbocycles. The highest BCUT2D eigenvalue weighted by atomic mass is 16.5. The summed E-state index contributed by atoms with van der Waals surface area (Å²) >= 11 is 0. The highest BCUT2D eigenvalue weighted by Crippen LogP contribution is 2.42. The van der Waals surface area contributed by atoms with Crippen LogP contribution >= 0.6 is 0 Å². The summed E-state index contributed by atoms with van der Waals surface area (Å²) in [4.78, 5) is 17.1. The van der Waals surface area contributed by atoms with Gasteiger partial charge in [0.25, 0.3) is 0 Å². The first-order valence-electron chi connectivity index (χ1n) is 9.18. The lowest BCUT2D eigenvalue weighted by atomic mass is 10.0. The van der Waals surface area contributed by atoms with Gasteiger partial charge in [0.1, 0.15) is 18.2 Å². The molecule has 0 unspecified atom stereocenters. The Labute approximate surface area is 159 Å². The van der Waals surface area contributed by atoms with E-state index in [1.807, 2.05) is 49.3 Å². The second kappa shape index (κ2) is 6.74. The van der Waals surface area contributed by atoms with Crippen LogP contribution in [-0.2, 0) is 6.54 Å². The van der Waals surface area contributed by atoms with Crippen LogP contribution in [0.2, 0.25) is 0 Å². The molecular formula is C22H24N2O3. The van der Waals surface area contributed by atoms with E-state index in [-0.39, 0.29) is 5.78 Å². The topological polar surface area (TPSA) is 42.0 Å². The first-order valence-corrected chi connectivity index (χ1v) is 9.18. The highest BCUT2D eigenvalue weighted by molar-refractivity contribution is 6.15. The molecule has 4 rings (SSSR count). The van der Waals surface area contributed by atoms with Gasteiger partial charge in [-0.2, -0.15) is 0 Å². The van der Waals surface area contributed by atoms with E-state index < -0.39 is 0 Å². The van der Waals surface area contributed by atoms with Crippen LogP contribution in [0.3, 0.4) is 0 Å². The quantitative estimate of drug-likeness (QED) is 0.772. The van der Waals surface area contributed by atoms with E-state index in [4.69, 9.17) is 9.47 Å². The Balaban J connectivity index is 1.65. The maximum absolute atomic E-state index is 12.8. The van der Waals surface area contributed by atoms with E-state index in [9.17, 15) is 4.79 Å². The summed E-state index contributed by atoms with van der Waals surface area (Å²) in [6, 6.07) is 12.1. The first-order chi connectivity index (χ1) is 12.9. The van der Waals surface area contributed by atoms with Crippen LogP contribution in [0.25, 0.3) is 6.08 Å². The van der Waals surface area contributed by atoms with Crippen molar-refractivity contribution in [1.82, 2.24) is 4.90 Å². The molecule has 0 atom stereocenters. The maximum atomic E-state index is 12.8. The highest BCUT2D eigenvalue weighted by Gasteiger charge is 2.33. The third-order valence-electron chi connectivity index (χ3n) is 5.08. The van der Waals surface area contributed by atoms with Crippen molar-refractivity contribution in [3.63, 3.8) is 0 Å². The standard InChI is InChI=1S/C22H24N2O3/c1-14(2)24-12-18-19(26-13-24)10-9-17-21(25)20(27-22(17)18)11-15-5-7-16(8-6-15)23(3)4/h5-11,14H,12-13H2,1-4H3/b20-11-. The molecule has 0 amide bonds. The summed E-state index contributed by atoms with van der Waals surface area (Å²) in [7, 11) is 4.00. The van der Waals surface area contributed by atoms with Gasteiger partial charge in [-0.1, -0.05) is 12.1 Å². The molecule has 2 heterocycles. The molecule has 2 aliphatic rings. The number of ether oxygens (including phenoxy) is 2. The fraction of sp³-hybridized carbons (Fsp3) is 0.318. The molecule has 2 aromatic rings. The van der Waals surface area contributed by atoms with Crippen molar-refractivity contribution in [2.45, 2.75) is 26.4 Å². The number of fused-ring (bicyclic) bond motifs is 3. The lowest BCUT2D eigenvalue weighted by molar-refractivity contribution is 0.0674. The number of carbonyl (C=O) groups is 1. The van der Waals surface area contributed by atoms with Gasteiger partial charge in [0.2, 0.25) is 5.78 Å². The zero-order valence-electron chi connectivity index (χ0n) is 16.2. The molecule has 5 nitrogen and oxygen atoms in total. The minimum Gasteiger partial charge on any atom is -0.478 e. The molecule has 0 bridgehead atoms. The number of allylic oxidation sites excluding steroid dienone is 1. The van der Waals surface area contributed by atoms with E-state index in [1.54, 1.807) is 12.1 Å². The van der Waals surface area contributed by atoms with Crippen molar-refractivity contribution in [1.29, 1.82) is 0 Å². The molecule has 0 aromatic heterocycles. The monoisotopic (exact) mass is 364 g/mol. The number of rotatable bonds is 3. The van der Waals surface area contributed by atoms with Crippen LogP contribution in [0, 0.1) is 0 Å². The zero-order valence-corrected chi connectivity index (χ0v) is 16.2. The maximum Gasteiger partial charge on any atom is 0.231 e. The van der Waals surface area contributed by atoms with Crippen LogP contribution in [0.1, 0.15) is 35.3 Å². The number of Topliss-reactive ketones (excluding diaryl/α,β-unsaturated/α-hetero) is 1. The molecule has 0 fully saturated rings. The number of ketones is 1. The van der Waals surface area contributed by atoms with E-state index in [2.05, 4.69) is 18.7 Å². The Morgan fingerprint density at radius 3 is 2.52 bits per heavy atom. The molecule has 5 heteroatoms. The average molecular weight is 364 g/mol. The smallest absolute Gasteiger partial charge is 0.231 e. The molecular weight excluding hydrogens is 340 g/mol. The van der Waals surface area contributed by atoms with Crippen molar-refractivity contribution in [2.24, 2.45) is 0 Å². The Kier molecular flexibility index (Phi) is 4.40. The molecule has 0 N–H and O–H groups in total. The van der Waals surface area contributed by atoms with Gasteiger partial charge in [0.05, 0.1) is 11.1 Å². The summed E-state index contributed by atoms with van der Waals surface area (Å²) in [6.07, 6.45) is 1.80. The molecule has 0 radical (unpaired) electrons. The van der Waals surface area contributed by atoms with Crippen molar-refractivity contribution >= 4 is 17.5 Å². The Morgan fingerprint density at radius 2 is 1.85 bits per heavy atom. The lowest BCUT2D eigenvalue weighted by Gasteiger charge is -2.32. The number of hydrogen-bond acceptors (Lipinski definition) is 5. The van der Waals surface area contributed by atoms with Gasteiger partial charge in [0.15, 0.2) is 5.76 Å². The number of nitrogens with zero attached hydrogens (tertiary/aromatic N) is 2. The second-order valence-corrected chi connectivity index (χ2v) is 7.46. The van der Waals surface area contributed by atoms with Gasteiger partial charge in [0, 0.05) is 32.4 Å². The summed E-state index contributed by atoms with van der Waals surface area (Å²) in [5.41, 5.74) is 3.61. The Hall–Kier alpha value is -2.79. The van der Waals surface area contributed by atoms with Crippen LogP contribution < -0.4 is 14.4 Å². The second-order valence-electron chi connectivity index (χ2n) is 7.46.